The average Bonchev–Trinajstić information content (AvgIpc) is 3.16. The van der Waals surface area contributed by atoms with E-state index in [4.69, 9.17) is 16.5 Å². The van der Waals surface area contributed by atoms with E-state index in [0.717, 1.165) is 36.0 Å². The van der Waals surface area contributed by atoms with Crippen molar-refractivity contribution in [2.45, 2.75) is 117 Å². The summed E-state index contributed by atoms with van der Waals surface area (Å²) in [7, 11) is 3.72. The van der Waals surface area contributed by atoms with Gasteiger partial charge in [-0.05, 0) is 104 Å². The zero-order valence-electron chi connectivity index (χ0n) is 24.9. The highest BCUT2D eigenvalue weighted by atomic mass is 16.3. The quantitative estimate of drug-likeness (QED) is 0.315. The molecule has 1 unspecified atom stereocenters. The molecule has 37 heavy (non-hydrogen) atoms. The van der Waals surface area contributed by atoms with Crippen LogP contribution in [0.4, 0.5) is 0 Å². The minimum atomic E-state index is -0.303. The van der Waals surface area contributed by atoms with Gasteiger partial charge in [-0.1, -0.05) is 53.9 Å². The highest BCUT2D eigenvalue weighted by molar-refractivity contribution is 5.93. The Morgan fingerprint density at radius 2 is 1.70 bits per heavy atom. The Kier molecular flexibility index (Phi) is 8.58. The molecule has 4 rings (SSSR count). The number of aliphatic imine (C=N–C) groups is 2. The van der Waals surface area contributed by atoms with Crippen LogP contribution in [0.15, 0.2) is 9.98 Å². The molecule has 10 atom stereocenters. The highest BCUT2D eigenvalue weighted by Crippen LogP contribution is 2.68. The standard InChI is InChI=1S/C31H57N5O/c1-19(2)9-8-10-20(3)24-13-14-25-23-12-11-21-17-22(37)18-27(34-28(32)35-29(33)36(6)7)31(21,5)26(23)15-16-30(24,25)4/h19-27,37H,8-18H2,1-7H3,(H4,32,33,34,35)/t20-,21-,22+,23-,24-,25+,26+,27?,30-,31+/m1/s1. The third-order valence-electron chi connectivity index (χ3n) is 11.9. The molecule has 0 radical (unpaired) electrons. The van der Waals surface area contributed by atoms with Gasteiger partial charge in [0.2, 0.25) is 5.96 Å². The summed E-state index contributed by atoms with van der Waals surface area (Å²) in [5.74, 6) is 5.91. The van der Waals surface area contributed by atoms with Crippen LogP contribution in [0.2, 0.25) is 0 Å². The van der Waals surface area contributed by atoms with Gasteiger partial charge in [-0.3, -0.25) is 0 Å². The van der Waals surface area contributed by atoms with Crippen molar-refractivity contribution < 1.29 is 5.11 Å². The molecule has 0 aromatic carbocycles. The smallest absolute Gasteiger partial charge is 0.218 e. The second kappa shape index (κ2) is 11.1. The molecule has 0 aromatic rings. The number of guanidine groups is 2. The Morgan fingerprint density at radius 3 is 2.38 bits per heavy atom. The summed E-state index contributed by atoms with van der Waals surface area (Å²) in [6.45, 7) is 12.4. The SMILES string of the molecule is CC(C)CCC[C@@H](C)[C@H]1CC[C@H]2[C@H]3CC[C@@H]4C[C@H](O)CC(N=C(N)/N=C(\N)N(C)C)[C@]4(C)[C@H]3CC[C@]12C. The molecule has 6 heteroatoms. The van der Waals surface area contributed by atoms with Crippen LogP contribution in [0, 0.1) is 52.3 Å². The minimum absolute atomic E-state index is 0.00396. The van der Waals surface area contributed by atoms with Gasteiger partial charge >= 0.3 is 0 Å². The van der Waals surface area contributed by atoms with E-state index in [1.807, 2.05) is 14.1 Å². The predicted molar refractivity (Wildman–Crippen MR) is 155 cm³/mol. The molecular formula is C31H57N5O. The fourth-order valence-corrected chi connectivity index (χ4v) is 9.92. The molecule has 0 aliphatic heterocycles. The third kappa shape index (κ3) is 5.43. The summed E-state index contributed by atoms with van der Waals surface area (Å²) in [6.07, 6.45) is 13.4. The summed E-state index contributed by atoms with van der Waals surface area (Å²) in [4.78, 5) is 11.1. The molecule has 6 nitrogen and oxygen atoms in total. The summed E-state index contributed by atoms with van der Waals surface area (Å²) in [5, 5.41) is 10.8. The van der Waals surface area contributed by atoms with Crippen LogP contribution < -0.4 is 11.5 Å². The van der Waals surface area contributed by atoms with E-state index in [1.165, 1.54) is 57.8 Å². The molecule has 4 aliphatic carbocycles. The Morgan fingerprint density at radius 1 is 0.973 bits per heavy atom. The van der Waals surface area contributed by atoms with E-state index in [1.54, 1.807) is 4.90 Å². The Balaban J connectivity index is 1.56. The summed E-state index contributed by atoms with van der Waals surface area (Å²) < 4.78 is 0. The van der Waals surface area contributed by atoms with Crippen LogP contribution in [0.5, 0.6) is 0 Å². The lowest BCUT2D eigenvalue weighted by Gasteiger charge is -2.62. The molecular weight excluding hydrogens is 458 g/mol. The lowest BCUT2D eigenvalue weighted by Crippen LogP contribution is -2.59. The molecule has 212 valence electrons. The van der Waals surface area contributed by atoms with Gasteiger partial charge in [-0.2, -0.15) is 4.99 Å². The first-order valence-corrected chi connectivity index (χ1v) is 15.4. The van der Waals surface area contributed by atoms with E-state index >= 15 is 0 Å². The summed E-state index contributed by atoms with van der Waals surface area (Å²) in [6, 6.07) is 0.00396. The van der Waals surface area contributed by atoms with Gasteiger partial charge in [0.25, 0.3) is 0 Å². The predicted octanol–water partition coefficient (Wildman–Crippen LogP) is 5.64. The number of rotatable bonds is 6. The van der Waals surface area contributed by atoms with Gasteiger partial charge in [0.05, 0.1) is 12.1 Å². The highest BCUT2D eigenvalue weighted by Gasteiger charge is 2.62. The van der Waals surface area contributed by atoms with Gasteiger partial charge in [0.1, 0.15) is 0 Å². The van der Waals surface area contributed by atoms with Crippen LogP contribution in [-0.2, 0) is 0 Å². The van der Waals surface area contributed by atoms with Crippen LogP contribution >= 0.6 is 0 Å². The largest absolute Gasteiger partial charge is 0.393 e. The first-order chi connectivity index (χ1) is 17.4. The maximum absolute atomic E-state index is 10.8. The fourth-order valence-electron chi connectivity index (χ4n) is 9.92. The van der Waals surface area contributed by atoms with Gasteiger partial charge in [0, 0.05) is 14.1 Å². The van der Waals surface area contributed by atoms with E-state index in [9.17, 15) is 5.11 Å². The topological polar surface area (TPSA) is 100 Å². The van der Waals surface area contributed by atoms with Gasteiger partial charge in [-0.15, -0.1) is 0 Å². The van der Waals surface area contributed by atoms with Crippen molar-refractivity contribution in [3.8, 4) is 0 Å². The van der Waals surface area contributed by atoms with Crippen LogP contribution in [-0.4, -0.2) is 48.2 Å². The second-order valence-corrected chi connectivity index (χ2v) is 14.5. The maximum Gasteiger partial charge on any atom is 0.218 e. The lowest BCUT2D eigenvalue weighted by molar-refractivity contribution is -0.137. The van der Waals surface area contributed by atoms with Crippen molar-refractivity contribution in [1.82, 2.24) is 4.90 Å². The van der Waals surface area contributed by atoms with Crippen molar-refractivity contribution in [2.24, 2.45) is 73.7 Å². The number of nitrogens with zero attached hydrogens (tertiary/aromatic N) is 3. The maximum atomic E-state index is 10.8. The van der Waals surface area contributed by atoms with Crippen molar-refractivity contribution >= 4 is 11.9 Å². The molecule has 0 spiro atoms. The molecule has 0 bridgehead atoms. The molecule has 0 amide bonds. The van der Waals surface area contributed by atoms with Gasteiger partial charge < -0.3 is 21.5 Å². The lowest BCUT2D eigenvalue weighted by atomic mass is 9.43. The third-order valence-corrected chi connectivity index (χ3v) is 11.9. The summed E-state index contributed by atoms with van der Waals surface area (Å²) >= 11 is 0. The van der Waals surface area contributed by atoms with Crippen LogP contribution in [0.1, 0.15) is 105 Å². The van der Waals surface area contributed by atoms with Crippen molar-refractivity contribution in [3.05, 3.63) is 0 Å². The first kappa shape index (κ1) is 28.7. The normalized spacial score (nSPS) is 43.2. The zero-order valence-corrected chi connectivity index (χ0v) is 24.9. The average molecular weight is 516 g/mol. The fraction of sp³-hybridized carbons (Fsp3) is 0.935. The minimum Gasteiger partial charge on any atom is -0.393 e. The van der Waals surface area contributed by atoms with Crippen LogP contribution in [0.25, 0.3) is 0 Å². The number of hydrogen-bond donors (Lipinski definition) is 3. The van der Waals surface area contributed by atoms with E-state index in [0.29, 0.717) is 29.6 Å². The molecule has 5 N–H and O–H groups in total. The number of fused-ring (bicyclic) bond motifs is 5. The first-order valence-electron chi connectivity index (χ1n) is 15.4. The number of nitrogens with two attached hydrogens (primary N) is 2. The molecule has 4 aliphatic rings. The Bertz CT molecular complexity index is 855. The van der Waals surface area contributed by atoms with Gasteiger partial charge in [0.15, 0.2) is 5.96 Å². The molecule has 4 fully saturated rings. The monoisotopic (exact) mass is 515 g/mol. The van der Waals surface area contributed by atoms with Crippen molar-refractivity contribution in [1.29, 1.82) is 0 Å². The molecule has 0 saturated heterocycles. The van der Waals surface area contributed by atoms with Crippen LogP contribution in [0.3, 0.4) is 0 Å². The molecule has 0 aromatic heterocycles. The van der Waals surface area contributed by atoms with E-state index < -0.39 is 0 Å². The number of hydrogen-bond acceptors (Lipinski definition) is 2. The Hall–Kier alpha value is -1.30. The number of aliphatic hydroxyl groups is 1. The molecule has 0 heterocycles. The van der Waals surface area contributed by atoms with Crippen molar-refractivity contribution in [3.63, 3.8) is 0 Å². The Labute approximate surface area is 227 Å². The molecule has 4 saturated carbocycles. The second-order valence-electron chi connectivity index (χ2n) is 14.5. The zero-order chi connectivity index (χ0) is 27.1. The summed E-state index contributed by atoms with van der Waals surface area (Å²) in [5.41, 5.74) is 12.9. The van der Waals surface area contributed by atoms with E-state index in [-0.39, 0.29) is 23.5 Å². The van der Waals surface area contributed by atoms with Crippen molar-refractivity contribution in [2.75, 3.05) is 14.1 Å². The van der Waals surface area contributed by atoms with E-state index in [2.05, 4.69) is 39.6 Å². The number of aliphatic hydroxyl groups excluding tert-OH is 1. The van der Waals surface area contributed by atoms with Gasteiger partial charge in [-0.25, -0.2) is 4.99 Å².